The van der Waals surface area contributed by atoms with Gasteiger partial charge in [-0.1, -0.05) is 0 Å². The number of hydrogen-bond donors (Lipinski definition) is 1. The third-order valence-electron chi connectivity index (χ3n) is 2.41. The molecule has 0 aromatic carbocycles. The van der Waals surface area contributed by atoms with Gasteiger partial charge in [0.25, 0.3) is 0 Å². The number of nitrogens with one attached hydrogen (secondary N) is 1. The van der Waals surface area contributed by atoms with Gasteiger partial charge in [0.05, 0.1) is 6.61 Å². The fraction of sp³-hybridized carbons (Fsp3) is 0.636. The molecule has 0 amide bonds. The summed E-state index contributed by atoms with van der Waals surface area (Å²) < 4.78 is 5.66. The molecular formula is C11H17N3O. The molecule has 1 N–H and O–H groups in total. The van der Waals surface area contributed by atoms with Gasteiger partial charge in [-0.2, -0.15) is 4.98 Å². The van der Waals surface area contributed by atoms with Gasteiger partial charge in [-0.05, 0) is 32.6 Å². The maximum absolute atomic E-state index is 5.66. The normalized spacial score (nSPS) is 15.1. The second-order valence-corrected chi connectivity index (χ2v) is 3.97. The monoisotopic (exact) mass is 207 g/mol. The number of aromatic nitrogens is 2. The van der Waals surface area contributed by atoms with E-state index in [1.165, 1.54) is 12.8 Å². The van der Waals surface area contributed by atoms with Crippen LogP contribution in [0.1, 0.15) is 25.3 Å². The van der Waals surface area contributed by atoms with Crippen LogP contribution in [-0.4, -0.2) is 23.1 Å². The van der Waals surface area contributed by atoms with Gasteiger partial charge in [0.2, 0.25) is 11.8 Å². The zero-order chi connectivity index (χ0) is 10.7. The van der Waals surface area contributed by atoms with Crippen LogP contribution in [0.4, 0.5) is 5.95 Å². The molecule has 1 aliphatic carbocycles. The number of anilines is 1. The smallest absolute Gasteiger partial charge is 0.225 e. The minimum atomic E-state index is 0.647. The highest BCUT2D eigenvalue weighted by molar-refractivity contribution is 5.32. The number of rotatable bonds is 5. The number of hydrogen-bond acceptors (Lipinski definition) is 4. The molecule has 1 heterocycles. The molecule has 15 heavy (non-hydrogen) atoms. The predicted molar refractivity (Wildman–Crippen MR) is 59.2 cm³/mol. The van der Waals surface area contributed by atoms with E-state index in [1.54, 1.807) is 6.20 Å². The van der Waals surface area contributed by atoms with Crippen molar-refractivity contribution in [3.05, 3.63) is 11.8 Å². The number of nitrogens with zero attached hydrogens (tertiary/aromatic N) is 2. The Morgan fingerprint density at radius 1 is 1.53 bits per heavy atom. The van der Waals surface area contributed by atoms with Gasteiger partial charge in [0.1, 0.15) is 0 Å². The van der Waals surface area contributed by atoms with E-state index in [-0.39, 0.29) is 0 Å². The summed E-state index contributed by atoms with van der Waals surface area (Å²) in [6.07, 6.45) is 4.39. The molecule has 82 valence electrons. The van der Waals surface area contributed by atoms with Crippen LogP contribution >= 0.6 is 0 Å². The van der Waals surface area contributed by atoms with Gasteiger partial charge in [0.15, 0.2) is 0 Å². The van der Waals surface area contributed by atoms with Crippen molar-refractivity contribution in [1.82, 2.24) is 9.97 Å². The van der Waals surface area contributed by atoms with Crippen LogP contribution in [0.3, 0.4) is 0 Å². The Morgan fingerprint density at radius 3 is 3.00 bits per heavy atom. The molecule has 1 fully saturated rings. The molecule has 1 saturated carbocycles. The standard InChI is InChI=1S/C11H17N3O/c1-3-12-11-13-6-8(2)10(14-11)15-7-9-4-5-9/h6,9H,3-5,7H2,1-2H3,(H,12,13,14). The van der Waals surface area contributed by atoms with Gasteiger partial charge in [-0.3, -0.25) is 0 Å². The summed E-state index contributed by atoms with van der Waals surface area (Å²) in [6, 6.07) is 0. The van der Waals surface area contributed by atoms with E-state index in [1.807, 2.05) is 13.8 Å². The summed E-state index contributed by atoms with van der Waals surface area (Å²) in [5.74, 6) is 2.11. The fourth-order valence-corrected chi connectivity index (χ4v) is 1.30. The van der Waals surface area contributed by atoms with Crippen molar-refractivity contribution < 1.29 is 4.74 Å². The molecule has 1 aromatic heterocycles. The van der Waals surface area contributed by atoms with Crippen molar-refractivity contribution >= 4 is 5.95 Å². The van der Waals surface area contributed by atoms with Crippen molar-refractivity contribution in [3.8, 4) is 5.88 Å². The first-order chi connectivity index (χ1) is 7.29. The molecule has 0 saturated heterocycles. The van der Waals surface area contributed by atoms with Gasteiger partial charge in [-0.15, -0.1) is 0 Å². The lowest BCUT2D eigenvalue weighted by molar-refractivity contribution is 0.286. The molecule has 0 bridgehead atoms. The second-order valence-electron chi connectivity index (χ2n) is 3.97. The zero-order valence-corrected chi connectivity index (χ0v) is 9.29. The van der Waals surface area contributed by atoms with Crippen molar-refractivity contribution in [2.75, 3.05) is 18.5 Å². The Labute approximate surface area is 90.1 Å². The van der Waals surface area contributed by atoms with Gasteiger partial charge in [-0.25, -0.2) is 4.98 Å². The quantitative estimate of drug-likeness (QED) is 0.802. The van der Waals surface area contributed by atoms with Crippen LogP contribution in [0.25, 0.3) is 0 Å². The maximum atomic E-state index is 5.66. The Hall–Kier alpha value is -1.32. The first-order valence-corrected chi connectivity index (χ1v) is 5.50. The highest BCUT2D eigenvalue weighted by Crippen LogP contribution is 2.29. The molecule has 4 heteroatoms. The summed E-state index contributed by atoms with van der Waals surface area (Å²) in [7, 11) is 0. The Bertz CT molecular complexity index is 337. The summed E-state index contributed by atoms with van der Waals surface area (Å²) in [5, 5.41) is 3.08. The highest BCUT2D eigenvalue weighted by atomic mass is 16.5. The minimum Gasteiger partial charge on any atom is -0.477 e. The van der Waals surface area contributed by atoms with E-state index >= 15 is 0 Å². The summed E-state index contributed by atoms with van der Waals surface area (Å²) >= 11 is 0. The fourth-order valence-electron chi connectivity index (χ4n) is 1.30. The number of aryl methyl sites for hydroxylation is 1. The molecule has 4 nitrogen and oxygen atoms in total. The van der Waals surface area contributed by atoms with E-state index in [2.05, 4.69) is 15.3 Å². The van der Waals surface area contributed by atoms with Crippen LogP contribution in [0, 0.1) is 12.8 Å². The van der Waals surface area contributed by atoms with Crippen LogP contribution in [0.5, 0.6) is 5.88 Å². The minimum absolute atomic E-state index is 0.647. The van der Waals surface area contributed by atoms with Crippen molar-refractivity contribution in [1.29, 1.82) is 0 Å². The Balaban J connectivity index is 2.01. The van der Waals surface area contributed by atoms with Crippen LogP contribution in [-0.2, 0) is 0 Å². The van der Waals surface area contributed by atoms with Crippen molar-refractivity contribution in [2.45, 2.75) is 26.7 Å². The molecule has 1 aromatic rings. The number of ether oxygens (including phenoxy) is 1. The van der Waals surface area contributed by atoms with Crippen molar-refractivity contribution in [2.24, 2.45) is 5.92 Å². The lowest BCUT2D eigenvalue weighted by Gasteiger charge is -2.08. The summed E-state index contributed by atoms with van der Waals surface area (Å²) in [4.78, 5) is 8.49. The molecule has 0 atom stereocenters. The predicted octanol–water partition coefficient (Wildman–Crippen LogP) is 2.01. The van der Waals surface area contributed by atoms with Crippen LogP contribution < -0.4 is 10.1 Å². The lowest BCUT2D eigenvalue weighted by Crippen LogP contribution is -2.07. The van der Waals surface area contributed by atoms with Crippen molar-refractivity contribution in [3.63, 3.8) is 0 Å². The molecule has 1 aliphatic rings. The lowest BCUT2D eigenvalue weighted by atomic mass is 10.4. The Kier molecular flexibility index (Phi) is 3.04. The molecule has 2 rings (SSSR count). The SMILES string of the molecule is CCNc1ncc(C)c(OCC2CC2)n1. The first kappa shape index (κ1) is 10.2. The van der Waals surface area contributed by atoms with E-state index < -0.39 is 0 Å². The first-order valence-electron chi connectivity index (χ1n) is 5.50. The second kappa shape index (κ2) is 4.47. The largest absolute Gasteiger partial charge is 0.477 e. The summed E-state index contributed by atoms with van der Waals surface area (Å²) in [6.45, 7) is 5.61. The van der Waals surface area contributed by atoms with Gasteiger partial charge in [0, 0.05) is 18.3 Å². The highest BCUT2D eigenvalue weighted by Gasteiger charge is 2.22. The molecular weight excluding hydrogens is 190 g/mol. The van der Waals surface area contributed by atoms with E-state index in [0.29, 0.717) is 11.8 Å². The zero-order valence-electron chi connectivity index (χ0n) is 9.29. The average Bonchev–Trinajstić information content (AvgIpc) is 3.03. The third-order valence-corrected chi connectivity index (χ3v) is 2.41. The molecule has 0 spiro atoms. The van der Waals surface area contributed by atoms with Crippen LogP contribution in [0.15, 0.2) is 6.20 Å². The average molecular weight is 207 g/mol. The summed E-state index contributed by atoms with van der Waals surface area (Å²) in [5.41, 5.74) is 0.998. The molecule has 0 aliphatic heterocycles. The molecule has 0 unspecified atom stereocenters. The molecule has 0 radical (unpaired) electrons. The van der Waals surface area contributed by atoms with Crippen LogP contribution in [0.2, 0.25) is 0 Å². The van der Waals surface area contributed by atoms with Gasteiger partial charge >= 0.3 is 0 Å². The topological polar surface area (TPSA) is 47.0 Å². The van der Waals surface area contributed by atoms with E-state index in [4.69, 9.17) is 4.74 Å². The van der Waals surface area contributed by atoms with E-state index in [9.17, 15) is 0 Å². The third kappa shape index (κ3) is 2.81. The van der Waals surface area contributed by atoms with Gasteiger partial charge < -0.3 is 10.1 Å². The van der Waals surface area contributed by atoms with E-state index in [0.717, 1.165) is 24.6 Å². The maximum Gasteiger partial charge on any atom is 0.225 e. The Morgan fingerprint density at radius 2 is 2.33 bits per heavy atom.